The van der Waals surface area contributed by atoms with Gasteiger partial charge in [-0.25, -0.2) is 8.42 Å². The highest BCUT2D eigenvalue weighted by Gasteiger charge is 2.49. The van der Waals surface area contributed by atoms with Crippen LogP contribution in [0.1, 0.15) is 38.5 Å². The van der Waals surface area contributed by atoms with Gasteiger partial charge in [0.25, 0.3) is 0 Å². The summed E-state index contributed by atoms with van der Waals surface area (Å²) in [5.41, 5.74) is 0.820. The van der Waals surface area contributed by atoms with E-state index in [0.717, 1.165) is 18.5 Å². The maximum absolute atomic E-state index is 12.6. The molecular formula is C20H26N2O4S2. The van der Waals surface area contributed by atoms with Crippen LogP contribution in [-0.4, -0.2) is 49.4 Å². The molecule has 2 saturated heterocycles. The van der Waals surface area contributed by atoms with E-state index in [-0.39, 0.29) is 28.7 Å². The van der Waals surface area contributed by atoms with Crippen molar-refractivity contribution in [3.8, 4) is 5.75 Å². The van der Waals surface area contributed by atoms with Gasteiger partial charge in [0, 0.05) is 23.4 Å². The maximum atomic E-state index is 12.6. The van der Waals surface area contributed by atoms with Crippen molar-refractivity contribution in [3.05, 3.63) is 24.3 Å². The van der Waals surface area contributed by atoms with Crippen molar-refractivity contribution in [2.45, 2.75) is 49.8 Å². The van der Waals surface area contributed by atoms with Gasteiger partial charge in [-0.1, -0.05) is 37.1 Å². The first-order valence-electron chi connectivity index (χ1n) is 9.87. The third kappa shape index (κ3) is 4.22. The van der Waals surface area contributed by atoms with Crippen molar-refractivity contribution in [2.75, 3.05) is 23.5 Å². The number of anilines is 1. The fourth-order valence-electron chi connectivity index (χ4n) is 4.42. The van der Waals surface area contributed by atoms with Crippen LogP contribution in [0.4, 0.5) is 5.69 Å². The first kappa shape index (κ1) is 19.8. The van der Waals surface area contributed by atoms with E-state index < -0.39 is 9.84 Å². The van der Waals surface area contributed by atoms with E-state index in [1.54, 1.807) is 7.11 Å². The lowest BCUT2D eigenvalue weighted by molar-refractivity contribution is -0.118. The molecule has 0 aromatic heterocycles. The molecule has 2 heterocycles. The van der Waals surface area contributed by atoms with Crippen molar-refractivity contribution in [2.24, 2.45) is 10.9 Å². The van der Waals surface area contributed by atoms with Crippen LogP contribution in [0.25, 0.3) is 0 Å². The highest BCUT2D eigenvalue weighted by atomic mass is 32.2. The average molecular weight is 423 g/mol. The van der Waals surface area contributed by atoms with Crippen LogP contribution in [0.5, 0.6) is 5.75 Å². The highest BCUT2D eigenvalue weighted by Crippen LogP contribution is 2.41. The number of sulfone groups is 1. The molecule has 0 spiro atoms. The third-order valence-corrected chi connectivity index (χ3v) is 9.02. The van der Waals surface area contributed by atoms with Crippen LogP contribution >= 0.6 is 11.8 Å². The zero-order valence-corrected chi connectivity index (χ0v) is 17.7. The Labute approximate surface area is 170 Å². The lowest BCUT2D eigenvalue weighted by Gasteiger charge is -2.25. The van der Waals surface area contributed by atoms with E-state index in [0.29, 0.717) is 23.3 Å². The fourth-order valence-corrected chi connectivity index (χ4v) is 8.35. The van der Waals surface area contributed by atoms with Gasteiger partial charge >= 0.3 is 0 Å². The predicted molar refractivity (Wildman–Crippen MR) is 113 cm³/mol. The van der Waals surface area contributed by atoms with Gasteiger partial charge in [-0.3, -0.25) is 4.79 Å². The standard InChI is InChI=1S/C20H26N2O4S2/c1-26-16-9-5-8-15(11-16)22-17-12-28(24,25)13-18(17)27-20(22)21-19(23)10-14-6-3-2-4-7-14/h5,8-9,11,14,17-18H,2-4,6-7,10,12-13H2,1H3. The second-order valence-corrected chi connectivity index (χ2v) is 11.2. The van der Waals surface area contributed by atoms with Gasteiger partial charge in [0.15, 0.2) is 15.0 Å². The molecule has 152 valence electrons. The van der Waals surface area contributed by atoms with Crippen LogP contribution in [-0.2, 0) is 14.6 Å². The first-order chi connectivity index (χ1) is 13.4. The van der Waals surface area contributed by atoms with Crippen LogP contribution in [0.3, 0.4) is 0 Å². The Hall–Kier alpha value is -1.54. The molecule has 0 bridgehead atoms. The minimum atomic E-state index is -3.07. The number of thioether (sulfide) groups is 1. The largest absolute Gasteiger partial charge is 0.497 e. The van der Waals surface area contributed by atoms with Crippen LogP contribution in [0.15, 0.2) is 29.3 Å². The summed E-state index contributed by atoms with van der Waals surface area (Å²) in [5, 5.41) is 0.538. The SMILES string of the molecule is COc1cccc(N2C(=NC(=O)CC3CCCCC3)SC3CS(=O)(=O)CC32)c1. The number of benzene rings is 1. The zero-order valence-electron chi connectivity index (χ0n) is 16.0. The van der Waals surface area contributed by atoms with E-state index in [1.807, 2.05) is 29.2 Å². The van der Waals surface area contributed by atoms with Crippen molar-refractivity contribution < 1.29 is 17.9 Å². The van der Waals surface area contributed by atoms with E-state index >= 15 is 0 Å². The van der Waals surface area contributed by atoms with Crippen molar-refractivity contribution in [1.82, 2.24) is 0 Å². The number of nitrogens with zero attached hydrogens (tertiary/aromatic N) is 2. The quantitative estimate of drug-likeness (QED) is 0.741. The predicted octanol–water partition coefficient (Wildman–Crippen LogP) is 3.27. The molecule has 2 aliphatic heterocycles. The molecule has 6 nitrogen and oxygen atoms in total. The Balaban J connectivity index is 1.60. The molecule has 28 heavy (non-hydrogen) atoms. The van der Waals surface area contributed by atoms with Crippen molar-refractivity contribution in [3.63, 3.8) is 0 Å². The maximum Gasteiger partial charge on any atom is 0.248 e. The summed E-state index contributed by atoms with van der Waals surface area (Å²) in [6.45, 7) is 0. The number of aliphatic imine (C=N–C) groups is 1. The number of carbonyl (C=O) groups excluding carboxylic acids is 1. The summed E-state index contributed by atoms with van der Waals surface area (Å²) in [6, 6.07) is 7.31. The molecule has 0 N–H and O–H groups in total. The molecule has 1 aromatic rings. The molecule has 8 heteroatoms. The van der Waals surface area contributed by atoms with Crippen molar-refractivity contribution >= 4 is 38.4 Å². The lowest BCUT2D eigenvalue weighted by atomic mass is 9.87. The first-order valence-corrected chi connectivity index (χ1v) is 12.6. The van der Waals surface area contributed by atoms with Gasteiger partial charge < -0.3 is 9.64 Å². The molecule has 3 fully saturated rings. The molecular weight excluding hydrogens is 396 g/mol. The van der Waals surface area contributed by atoms with Gasteiger partial charge in [0.05, 0.1) is 24.7 Å². The number of amides is 1. The second-order valence-electron chi connectivity index (χ2n) is 7.87. The number of fused-ring (bicyclic) bond motifs is 1. The lowest BCUT2D eigenvalue weighted by Crippen LogP contribution is -2.37. The minimum Gasteiger partial charge on any atom is -0.497 e. The normalized spacial score (nSPS) is 28.5. The van der Waals surface area contributed by atoms with Crippen LogP contribution in [0, 0.1) is 5.92 Å². The summed E-state index contributed by atoms with van der Waals surface area (Å²) >= 11 is 1.43. The van der Waals surface area contributed by atoms with Gasteiger partial charge in [-0.2, -0.15) is 4.99 Å². The molecule has 1 amide bonds. The number of hydrogen-bond acceptors (Lipinski definition) is 5. The monoisotopic (exact) mass is 422 g/mol. The van der Waals surface area contributed by atoms with Gasteiger partial charge in [-0.15, -0.1) is 0 Å². The Morgan fingerprint density at radius 2 is 2.04 bits per heavy atom. The molecule has 4 rings (SSSR count). The Morgan fingerprint density at radius 3 is 2.79 bits per heavy atom. The summed E-state index contributed by atoms with van der Waals surface area (Å²) in [6.07, 6.45) is 6.35. The number of amidine groups is 1. The highest BCUT2D eigenvalue weighted by molar-refractivity contribution is 8.16. The molecule has 3 aliphatic rings. The molecule has 0 radical (unpaired) electrons. The van der Waals surface area contributed by atoms with E-state index in [9.17, 15) is 13.2 Å². The van der Waals surface area contributed by atoms with E-state index in [2.05, 4.69) is 4.99 Å². The second kappa shape index (κ2) is 8.06. The molecule has 1 aliphatic carbocycles. The van der Waals surface area contributed by atoms with Gasteiger partial charge in [0.2, 0.25) is 5.91 Å². The molecule has 1 aromatic carbocycles. The molecule has 2 atom stereocenters. The topological polar surface area (TPSA) is 76.0 Å². The van der Waals surface area contributed by atoms with Gasteiger partial charge in [0.1, 0.15) is 5.75 Å². The minimum absolute atomic E-state index is 0.0857. The zero-order chi connectivity index (χ0) is 19.7. The molecule has 2 unspecified atom stereocenters. The summed E-state index contributed by atoms with van der Waals surface area (Å²) < 4.78 is 29.7. The summed E-state index contributed by atoms with van der Waals surface area (Å²) in [4.78, 5) is 19.0. The fraction of sp³-hybridized carbons (Fsp3) is 0.600. The number of ether oxygens (including phenoxy) is 1. The Kier molecular flexibility index (Phi) is 5.69. The Morgan fingerprint density at radius 1 is 1.25 bits per heavy atom. The number of methoxy groups -OCH3 is 1. The summed E-state index contributed by atoms with van der Waals surface area (Å²) in [5.74, 6) is 1.27. The third-order valence-electron chi connectivity index (χ3n) is 5.81. The Bertz CT molecular complexity index is 878. The average Bonchev–Trinajstić information content (AvgIpc) is 3.13. The molecule has 1 saturated carbocycles. The number of carbonyl (C=O) groups is 1. The van der Waals surface area contributed by atoms with E-state index in [1.165, 1.54) is 31.0 Å². The van der Waals surface area contributed by atoms with Crippen molar-refractivity contribution in [1.29, 1.82) is 0 Å². The number of hydrogen-bond donors (Lipinski definition) is 0. The smallest absolute Gasteiger partial charge is 0.248 e. The van der Waals surface area contributed by atoms with Gasteiger partial charge in [-0.05, 0) is 30.9 Å². The van der Waals surface area contributed by atoms with E-state index in [4.69, 9.17) is 4.74 Å². The van der Waals surface area contributed by atoms with Crippen LogP contribution in [0.2, 0.25) is 0 Å². The number of rotatable bonds is 4. The summed E-state index contributed by atoms with van der Waals surface area (Å²) in [7, 11) is -1.47. The van der Waals surface area contributed by atoms with Crippen LogP contribution < -0.4 is 9.64 Å².